The minimum Gasteiger partial charge on any atom is -0.455 e. The van der Waals surface area contributed by atoms with Crippen molar-refractivity contribution in [3.8, 4) is 11.5 Å². The van der Waals surface area contributed by atoms with E-state index in [1.807, 2.05) is 13.8 Å². The van der Waals surface area contributed by atoms with E-state index in [2.05, 4.69) is 4.98 Å². The summed E-state index contributed by atoms with van der Waals surface area (Å²) in [5.41, 5.74) is -0.262. The van der Waals surface area contributed by atoms with E-state index in [0.29, 0.717) is 22.4 Å². The molecule has 27 heavy (non-hydrogen) atoms. The minimum absolute atomic E-state index is 0.253. The van der Waals surface area contributed by atoms with Crippen LogP contribution in [-0.2, 0) is 14.9 Å². The highest BCUT2D eigenvalue weighted by Crippen LogP contribution is 2.39. The SMILES string of the molecule is COC(OC)C(C)(C)c1c(F)cccc1Oc1cnc2c(F)cccc2c1. The van der Waals surface area contributed by atoms with E-state index < -0.39 is 23.3 Å². The third kappa shape index (κ3) is 3.63. The second-order valence-corrected chi connectivity index (χ2v) is 6.72. The van der Waals surface area contributed by atoms with Crippen LogP contribution in [0.25, 0.3) is 10.9 Å². The van der Waals surface area contributed by atoms with Gasteiger partial charge < -0.3 is 14.2 Å². The van der Waals surface area contributed by atoms with Gasteiger partial charge in [0.25, 0.3) is 0 Å². The first kappa shape index (κ1) is 19.2. The summed E-state index contributed by atoms with van der Waals surface area (Å²) < 4.78 is 45.2. The maximum absolute atomic E-state index is 14.7. The molecule has 0 aliphatic carbocycles. The van der Waals surface area contributed by atoms with Gasteiger partial charge in [0.1, 0.15) is 28.7 Å². The molecule has 6 heteroatoms. The number of ether oxygens (including phenoxy) is 3. The first-order chi connectivity index (χ1) is 12.9. The van der Waals surface area contributed by atoms with Crippen LogP contribution in [0.15, 0.2) is 48.7 Å². The molecule has 142 valence electrons. The molecule has 0 bridgehead atoms. The van der Waals surface area contributed by atoms with Crippen LogP contribution in [0, 0.1) is 11.6 Å². The highest BCUT2D eigenvalue weighted by Gasteiger charge is 2.37. The van der Waals surface area contributed by atoms with Gasteiger partial charge in [0, 0.05) is 30.6 Å². The van der Waals surface area contributed by atoms with Crippen LogP contribution < -0.4 is 4.74 Å². The number of hydrogen-bond donors (Lipinski definition) is 0. The third-order valence-corrected chi connectivity index (χ3v) is 4.50. The number of methoxy groups -OCH3 is 2. The number of benzene rings is 2. The molecule has 3 aromatic rings. The summed E-state index contributed by atoms with van der Waals surface area (Å²) in [6.45, 7) is 3.62. The Kier molecular flexibility index (Phi) is 5.39. The van der Waals surface area contributed by atoms with Gasteiger partial charge in [-0.3, -0.25) is 0 Å². The second-order valence-electron chi connectivity index (χ2n) is 6.72. The molecule has 0 unspecified atom stereocenters. The van der Waals surface area contributed by atoms with Crippen LogP contribution in [0.3, 0.4) is 0 Å². The summed E-state index contributed by atoms with van der Waals surface area (Å²) >= 11 is 0. The fraction of sp³-hybridized carbons (Fsp3) is 0.286. The quantitative estimate of drug-likeness (QED) is 0.557. The van der Waals surface area contributed by atoms with Gasteiger partial charge in [-0.1, -0.05) is 32.0 Å². The molecule has 0 radical (unpaired) electrons. The number of nitrogens with zero attached hydrogens (tertiary/aromatic N) is 1. The summed E-state index contributed by atoms with van der Waals surface area (Å²) in [6.07, 6.45) is 0.734. The second kappa shape index (κ2) is 7.58. The molecule has 0 spiro atoms. The molecule has 0 N–H and O–H groups in total. The van der Waals surface area contributed by atoms with Gasteiger partial charge in [-0.15, -0.1) is 0 Å². The highest BCUT2D eigenvalue weighted by molar-refractivity contribution is 5.80. The van der Waals surface area contributed by atoms with Gasteiger partial charge in [-0.2, -0.15) is 0 Å². The van der Waals surface area contributed by atoms with Crippen LogP contribution in [0.5, 0.6) is 11.5 Å². The summed E-state index contributed by atoms with van der Waals surface area (Å²) in [6, 6.07) is 10.9. The minimum atomic E-state index is -0.833. The van der Waals surface area contributed by atoms with E-state index in [9.17, 15) is 8.78 Å². The molecule has 0 fully saturated rings. The number of para-hydroxylation sites is 1. The largest absolute Gasteiger partial charge is 0.455 e. The van der Waals surface area contributed by atoms with Crippen molar-refractivity contribution in [1.82, 2.24) is 4.98 Å². The summed E-state index contributed by atoms with van der Waals surface area (Å²) in [5, 5.41) is 0.594. The smallest absolute Gasteiger partial charge is 0.166 e. The maximum Gasteiger partial charge on any atom is 0.166 e. The Hall–Kier alpha value is -2.57. The van der Waals surface area contributed by atoms with Gasteiger partial charge in [-0.05, 0) is 24.3 Å². The molecule has 0 amide bonds. The fourth-order valence-electron chi connectivity index (χ4n) is 3.30. The summed E-state index contributed by atoms with van der Waals surface area (Å²) in [4.78, 5) is 4.12. The third-order valence-electron chi connectivity index (χ3n) is 4.50. The molecule has 0 saturated heterocycles. The Morgan fingerprint density at radius 1 is 0.963 bits per heavy atom. The molecule has 0 atom stereocenters. The molecule has 0 aliphatic heterocycles. The number of fused-ring (bicyclic) bond motifs is 1. The maximum atomic E-state index is 14.7. The lowest BCUT2D eigenvalue weighted by atomic mass is 9.82. The zero-order valence-corrected chi connectivity index (χ0v) is 15.6. The first-order valence-corrected chi connectivity index (χ1v) is 8.45. The van der Waals surface area contributed by atoms with E-state index in [1.165, 1.54) is 32.5 Å². The first-order valence-electron chi connectivity index (χ1n) is 8.45. The monoisotopic (exact) mass is 373 g/mol. The van der Waals surface area contributed by atoms with Gasteiger partial charge in [0.2, 0.25) is 0 Å². The van der Waals surface area contributed by atoms with Gasteiger partial charge in [0.05, 0.1) is 6.20 Å². The van der Waals surface area contributed by atoms with Crippen molar-refractivity contribution in [3.05, 3.63) is 65.9 Å². The molecular weight excluding hydrogens is 352 g/mol. The zero-order valence-electron chi connectivity index (χ0n) is 15.6. The molecule has 4 nitrogen and oxygen atoms in total. The van der Waals surface area contributed by atoms with E-state index in [1.54, 1.807) is 30.3 Å². The Morgan fingerprint density at radius 3 is 2.33 bits per heavy atom. The van der Waals surface area contributed by atoms with Gasteiger partial charge in [-0.25, -0.2) is 13.8 Å². The Morgan fingerprint density at radius 2 is 1.63 bits per heavy atom. The van der Waals surface area contributed by atoms with Crippen LogP contribution in [0.4, 0.5) is 8.78 Å². The van der Waals surface area contributed by atoms with Crippen molar-refractivity contribution in [1.29, 1.82) is 0 Å². The lowest BCUT2D eigenvalue weighted by molar-refractivity contribution is -0.142. The molecule has 3 rings (SSSR count). The van der Waals surface area contributed by atoms with Crippen molar-refractivity contribution >= 4 is 10.9 Å². The van der Waals surface area contributed by atoms with E-state index >= 15 is 0 Å². The topological polar surface area (TPSA) is 40.6 Å². The molecule has 0 saturated carbocycles. The number of halogens is 2. The average molecular weight is 373 g/mol. The van der Waals surface area contributed by atoms with E-state index in [0.717, 1.165) is 0 Å². The molecule has 1 heterocycles. The molecule has 0 aliphatic rings. The van der Waals surface area contributed by atoms with Crippen molar-refractivity contribution in [3.63, 3.8) is 0 Å². The van der Waals surface area contributed by atoms with Crippen molar-refractivity contribution < 1.29 is 23.0 Å². The molecule has 2 aromatic carbocycles. The van der Waals surface area contributed by atoms with Crippen LogP contribution >= 0.6 is 0 Å². The zero-order chi connectivity index (χ0) is 19.6. The lowest BCUT2D eigenvalue weighted by Crippen LogP contribution is -2.37. The Bertz CT molecular complexity index is 955. The summed E-state index contributed by atoms with van der Waals surface area (Å²) in [5.74, 6) is -0.148. The Balaban J connectivity index is 2.05. The van der Waals surface area contributed by atoms with Gasteiger partial charge in [0.15, 0.2) is 6.29 Å². The summed E-state index contributed by atoms with van der Waals surface area (Å²) in [7, 11) is 3.00. The van der Waals surface area contributed by atoms with Crippen LogP contribution in [0.2, 0.25) is 0 Å². The number of aromatic nitrogens is 1. The van der Waals surface area contributed by atoms with Crippen LogP contribution in [0.1, 0.15) is 19.4 Å². The predicted molar refractivity (Wildman–Crippen MR) is 99.0 cm³/mol. The predicted octanol–water partition coefficient (Wildman–Crippen LogP) is 5.20. The Labute approximate surface area is 156 Å². The van der Waals surface area contributed by atoms with Crippen molar-refractivity contribution in [2.24, 2.45) is 0 Å². The van der Waals surface area contributed by atoms with Gasteiger partial charge >= 0.3 is 0 Å². The molecule has 1 aromatic heterocycles. The van der Waals surface area contributed by atoms with Crippen molar-refractivity contribution in [2.75, 3.05) is 14.2 Å². The average Bonchev–Trinajstić information content (AvgIpc) is 2.62. The normalized spacial score (nSPS) is 12.0. The van der Waals surface area contributed by atoms with E-state index in [-0.39, 0.29) is 5.52 Å². The standard InChI is InChI=1S/C21H21F2NO3/c1-21(2,20(25-3)26-4)18-15(22)8-6-10-17(18)27-14-11-13-7-5-9-16(23)19(13)24-12-14/h5-12,20H,1-4H3. The van der Waals surface area contributed by atoms with Crippen LogP contribution in [-0.4, -0.2) is 25.5 Å². The highest BCUT2D eigenvalue weighted by atomic mass is 19.1. The fourth-order valence-corrected chi connectivity index (χ4v) is 3.30. The van der Waals surface area contributed by atoms with E-state index in [4.69, 9.17) is 14.2 Å². The number of pyridine rings is 1. The lowest BCUT2D eigenvalue weighted by Gasteiger charge is -2.33. The number of rotatable bonds is 6. The number of hydrogen-bond acceptors (Lipinski definition) is 4. The van der Waals surface area contributed by atoms with Crippen molar-refractivity contribution in [2.45, 2.75) is 25.6 Å². The molecular formula is C21H21F2NO3.